The highest BCUT2D eigenvalue weighted by molar-refractivity contribution is 5.89. The molecular formula is C22H25NO5. The molecule has 3 heterocycles. The van der Waals surface area contributed by atoms with Crippen molar-refractivity contribution in [3.8, 4) is 5.75 Å². The Balaban J connectivity index is 1.45. The zero-order valence-corrected chi connectivity index (χ0v) is 16.2. The molecule has 1 aliphatic carbocycles. The van der Waals surface area contributed by atoms with Crippen molar-refractivity contribution < 1.29 is 23.5 Å². The predicted molar refractivity (Wildman–Crippen MR) is 104 cm³/mol. The Kier molecular flexibility index (Phi) is 5.11. The van der Waals surface area contributed by atoms with Crippen LogP contribution in [0.1, 0.15) is 25.3 Å². The van der Waals surface area contributed by atoms with Crippen molar-refractivity contribution in [2.45, 2.75) is 32.2 Å². The van der Waals surface area contributed by atoms with Crippen LogP contribution >= 0.6 is 0 Å². The number of rotatable bonds is 6. The number of ketones is 1. The molecule has 1 amide bonds. The summed E-state index contributed by atoms with van der Waals surface area (Å²) in [4.78, 5) is 26.8. The van der Waals surface area contributed by atoms with Gasteiger partial charge in [-0.15, -0.1) is 0 Å². The van der Waals surface area contributed by atoms with E-state index in [0.717, 1.165) is 28.7 Å². The second kappa shape index (κ2) is 7.70. The highest BCUT2D eigenvalue weighted by Gasteiger charge is 2.41. The average Bonchev–Trinajstić information content (AvgIpc) is 3.10. The van der Waals surface area contributed by atoms with Gasteiger partial charge in [-0.05, 0) is 43.4 Å². The number of carbonyl (C=O) groups excluding carboxylic acids is 2. The number of hydrogen-bond acceptors (Lipinski definition) is 5. The number of hydrogen-bond donors (Lipinski definition) is 0. The SMILES string of the molecule is CCOC(=O)N1CC2C=CC1C(CC(=O)Cc1coc3ccc(OC)cc13)C2. The molecule has 0 spiro atoms. The topological polar surface area (TPSA) is 69.0 Å². The lowest BCUT2D eigenvalue weighted by Gasteiger charge is -2.45. The second-order valence-corrected chi connectivity index (χ2v) is 7.53. The van der Waals surface area contributed by atoms with Crippen LogP contribution in [-0.2, 0) is 16.0 Å². The maximum Gasteiger partial charge on any atom is 0.410 e. The van der Waals surface area contributed by atoms with Crippen LogP contribution in [0.2, 0.25) is 0 Å². The third-order valence-electron chi connectivity index (χ3n) is 5.70. The van der Waals surface area contributed by atoms with Gasteiger partial charge in [0.1, 0.15) is 17.1 Å². The summed E-state index contributed by atoms with van der Waals surface area (Å²) in [6, 6.07) is 5.53. The van der Waals surface area contributed by atoms with Crippen molar-refractivity contribution in [2.75, 3.05) is 20.3 Å². The van der Waals surface area contributed by atoms with Crippen LogP contribution in [0.3, 0.4) is 0 Å². The van der Waals surface area contributed by atoms with E-state index in [1.54, 1.807) is 25.2 Å². The maximum atomic E-state index is 12.8. The van der Waals surface area contributed by atoms with Crippen LogP contribution < -0.4 is 4.74 Å². The first-order chi connectivity index (χ1) is 13.6. The summed E-state index contributed by atoms with van der Waals surface area (Å²) in [6.45, 7) is 2.84. The van der Waals surface area contributed by atoms with E-state index in [-0.39, 0.29) is 23.8 Å². The Bertz CT molecular complexity index is 915. The number of fused-ring (bicyclic) bond motifs is 3. The molecule has 6 heteroatoms. The maximum absolute atomic E-state index is 12.8. The molecule has 1 saturated heterocycles. The Hall–Kier alpha value is -2.76. The Labute approximate surface area is 164 Å². The number of nitrogens with zero attached hydrogens (tertiary/aromatic N) is 1. The number of furan rings is 1. The molecule has 148 valence electrons. The van der Waals surface area contributed by atoms with Crippen molar-refractivity contribution in [1.29, 1.82) is 0 Å². The number of piperidine rings is 1. The fourth-order valence-electron chi connectivity index (χ4n) is 4.41. The van der Waals surface area contributed by atoms with Crippen molar-refractivity contribution in [1.82, 2.24) is 4.90 Å². The molecule has 3 atom stereocenters. The first kappa shape index (κ1) is 18.6. The second-order valence-electron chi connectivity index (χ2n) is 7.53. The molecule has 0 saturated carbocycles. The van der Waals surface area contributed by atoms with Gasteiger partial charge in [0.15, 0.2) is 0 Å². The van der Waals surface area contributed by atoms with E-state index in [9.17, 15) is 9.59 Å². The number of methoxy groups -OCH3 is 1. The standard InChI is InChI=1S/C22H25NO5/c1-3-27-22(25)23-12-14-4-6-20(23)15(8-14)9-17(24)10-16-13-28-21-7-5-18(26-2)11-19(16)21/h4-7,11,13-15,20H,3,8-10,12H2,1-2H3. The number of benzene rings is 1. The van der Waals surface area contributed by atoms with E-state index in [2.05, 4.69) is 12.2 Å². The third kappa shape index (κ3) is 3.51. The largest absolute Gasteiger partial charge is 0.497 e. The van der Waals surface area contributed by atoms with Crippen molar-refractivity contribution in [3.63, 3.8) is 0 Å². The minimum Gasteiger partial charge on any atom is -0.497 e. The number of Topliss-reactive ketones (excluding diaryl/α,β-unsaturated/α-hetero) is 1. The summed E-state index contributed by atoms with van der Waals surface area (Å²) >= 11 is 0. The first-order valence-electron chi connectivity index (χ1n) is 9.76. The minimum absolute atomic E-state index is 0.0609. The molecule has 3 unspecified atom stereocenters. The zero-order valence-electron chi connectivity index (χ0n) is 16.2. The molecule has 1 aromatic carbocycles. The number of carbonyl (C=O) groups is 2. The van der Waals surface area contributed by atoms with Gasteiger partial charge in [-0.25, -0.2) is 4.79 Å². The summed E-state index contributed by atoms with van der Waals surface area (Å²) in [5.74, 6) is 1.32. The van der Waals surface area contributed by atoms with Crippen LogP contribution in [0, 0.1) is 11.8 Å². The summed E-state index contributed by atoms with van der Waals surface area (Å²) in [6.07, 6.45) is 7.28. The molecule has 0 N–H and O–H groups in total. The quantitative estimate of drug-likeness (QED) is 0.706. The molecule has 2 aromatic rings. The lowest BCUT2D eigenvalue weighted by atomic mass is 9.75. The van der Waals surface area contributed by atoms with E-state index >= 15 is 0 Å². The van der Waals surface area contributed by atoms with Gasteiger partial charge in [0.2, 0.25) is 0 Å². The van der Waals surface area contributed by atoms with E-state index in [1.807, 2.05) is 18.2 Å². The highest BCUT2D eigenvalue weighted by Crippen LogP contribution is 2.37. The van der Waals surface area contributed by atoms with E-state index in [1.165, 1.54) is 0 Å². The van der Waals surface area contributed by atoms with Crippen LogP contribution in [0.15, 0.2) is 41.0 Å². The minimum atomic E-state index is -0.285. The van der Waals surface area contributed by atoms with Crippen molar-refractivity contribution >= 4 is 22.8 Å². The number of ether oxygens (including phenoxy) is 2. The van der Waals surface area contributed by atoms with Gasteiger partial charge in [-0.3, -0.25) is 4.79 Å². The van der Waals surface area contributed by atoms with Gasteiger partial charge in [0, 0.05) is 30.3 Å². The van der Waals surface area contributed by atoms with Gasteiger partial charge < -0.3 is 18.8 Å². The van der Waals surface area contributed by atoms with Crippen molar-refractivity contribution in [2.24, 2.45) is 11.8 Å². The molecular weight excluding hydrogens is 358 g/mol. The molecule has 2 aliphatic heterocycles. The molecule has 0 radical (unpaired) electrons. The Morgan fingerprint density at radius 2 is 2.14 bits per heavy atom. The van der Waals surface area contributed by atoms with E-state index < -0.39 is 0 Å². The fraction of sp³-hybridized carbons (Fsp3) is 0.455. The summed E-state index contributed by atoms with van der Waals surface area (Å²) in [7, 11) is 1.62. The molecule has 28 heavy (non-hydrogen) atoms. The van der Waals surface area contributed by atoms with Crippen LogP contribution in [0.4, 0.5) is 4.79 Å². The van der Waals surface area contributed by atoms with E-state index in [4.69, 9.17) is 13.9 Å². The monoisotopic (exact) mass is 383 g/mol. The smallest absolute Gasteiger partial charge is 0.410 e. The van der Waals surface area contributed by atoms with Gasteiger partial charge in [-0.1, -0.05) is 12.2 Å². The normalized spacial score (nSPS) is 23.2. The van der Waals surface area contributed by atoms with Crippen LogP contribution in [0.25, 0.3) is 11.0 Å². The molecule has 5 rings (SSSR count). The zero-order chi connectivity index (χ0) is 19.7. The molecule has 1 fully saturated rings. The van der Waals surface area contributed by atoms with Crippen LogP contribution in [-0.4, -0.2) is 43.1 Å². The van der Waals surface area contributed by atoms with Crippen molar-refractivity contribution in [3.05, 3.63) is 42.2 Å². The molecule has 3 aliphatic rings. The van der Waals surface area contributed by atoms with Gasteiger partial charge in [-0.2, -0.15) is 0 Å². The lowest BCUT2D eigenvalue weighted by Crippen LogP contribution is -2.53. The molecule has 2 bridgehead atoms. The van der Waals surface area contributed by atoms with Gasteiger partial charge in [0.25, 0.3) is 0 Å². The lowest BCUT2D eigenvalue weighted by molar-refractivity contribution is -0.120. The first-order valence-corrected chi connectivity index (χ1v) is 9.76. The molecule has 6 nitrogen and oxygen atoms in total. The summed E-state index contributed by atoms with van der Waals surface area (Å²) in [5.41, 5.74) is 1.62. The number of amides is 1. The van der Waals surface area contributed by atoms with E-state index in [0.29, 0.717) is 31.9 Å². The van der Waals surface area contributed by atoms with Gasteiger partial charge >= 0.3 is 6.09 Å². The third-order valence-corrected chi connectivity index (χ3v) is 5.70. The Morgan fingerprint density at radius 1 is 1.29 bits per heavy atom. The predicted octanol–water partition coefficient (Wildman–Crippen LogP) is 3.98. The van der Waals surface area contributed by atoms with Crippen LogP contribution in [0.5, 0.6) is 5.75 Å². The fourth-order valence-corrected chi connectivity index (χ4v) is 4.41. The molecule has 1 aromatic heterocycles. The highest BCUT2D eigenvalue weighted by atomic mass is 16.6. The Morgan fingerprint density at radius 3 is 2.89 bits per heavy atom. The summed E-state index contributed by atoms with van der Waals surface area (Å²) in [5, 5.41) is 0.908. The van der Waals surface area contributed by atoms with Gasteiger partial charge in [0.05, 0.1) is 26.0 Å². The average molecular weight is 383 g/mol. The summed E-state index contributed by atoms with van der Waals surface area (Å²) < 4.78 is 16.0.